The van der Waals surface area contributed by atoms with Crippen LogP contribution in [-0.2, 0) is 0 Å². The van der Waals surface area contributed by atoms with E-state index in [2.05, 4.69) is 10.2 Å². The molecule has 3 rings (SSSR count). The summed E-state index contributed by atoms with van der Waals surface area (Å²) < 4.78 is 0. The van der Waals surface area contributed by atoms with Crippen molar-refractivity contribution in [2.75, 3.05) is 0 Å². The Labute approximate surface area is 116 Å². The zero-order valence-electron chi connectivity index (χ0n) is 10.4. The third-order valence-electron chi connectivity index (χ3n) is 2.87. The van der Waals surface area contributed by atoms with E-state index in [1.165, 1.54) is 12.1 Å². The highest BCUT2D eigenvalue weighted by Crippen LogP contribution is 2.27. The van der Waals surface area contributed by atoms with Crippen molar-refractivity contribution in [3.63, 3.8) is 0 Å². The number of nitro groups is 2. The Hall–Kier alpha value is -3.36. The van der Waals surface area contributed by atoms with E-state index < -0.39 is 15.5 Å². The first-order valence-corrected chi connectivity index (χ1v) is 5.81. The second kappa shape index (κ2) is 4.63. The second-order valence-corrected chi connectivity index (χ2v) is 4.17. The molecule has 0 saturated carbocycles. The van der Waals surface area contributed by atoms with Gasteiger partial charge in [0, 0.05) is 6.07 Å². The molecule has 0 saturated heterocycles. The van der Waals surface area contributed by atoms with Crippen molar-refractivity contribution < 1.29 is 9.85 Å². The summed E-state index contributed by atoms with van der Waals surface area (Å²) in [6.45, 7) is 0. The first kappa shape index (κ1) is 12.7. The fourth-order valence-electron chi connectivity index (χ4n) is 1.91. The molecule has 1 heterocycles. The molecular formula is C12H7N5O4. The van der Waals surface area contributed by atoms with E-state index in [0.717, 1.165) is 10.9 Å². The lowest BCUT2D eigenvalue weighted by atomic mass is 10.2. The lowest BCUT2D eigenvalue weighted by molar-refractivity contribution is -0.394. The Balaban J connectivity index is 2.21. The minimum atomic E-state index is -0.698. The maximum Gasteiger partial charge on any atom is 0.303 e. The highest BCUT2D eigenvalue weighted by atomic mass is 16.6. The second-order valence-electron chi connectivity index (χ2n) is 4.17. The van der Waals surface area contributed by atoms with Gasteiger partial charge in [-0.3, -0.25) is 20.2 Å². The van der Waals surface area contributed by atoms with Gasteiger partial charge in [-0.05, 0) is 18.2 Å². The maximum atomic E-state index is 11.1. The molecule has 0 bridgehead atoms. The quantitative estimate of drug-likeness (QED) is 0.538. The van der Waals surface area contributed by atoms with Crippen molar-refractivity contribution in [1.29, 1.82) is 0 Å². The Morgan fingerprint density at radius 2 is 1.52 bits per heavy atom. The molecule has 0 N–H and O–H groups in total. The molecule has 9 nitrogen and oxygen atoms in total. The Kier molecular flexibility index (Phi) is 2.79. The standard InChI is InChI=1S/C12H7N5O4/c18-16(19)8-5-6-11(12(7-8)17(20)21)15-13-9-3-1-2-4-10(9)14-15/h1-7H. The minimum absolute atomic E-state index is 0.0711. The van der Waals surface area contributed by atoms with Crippen molar-refractivity contribution in [3.05, 3.63) is 62.7 Å². The van der Waals surface area contributed by atoms with Gasteiger partial charge in [0.2, 0.25) is 0 Å². The number of aromatic nitrogens is 3. The Bertz CT molecular complexity index is 840. The smallest absolute Gasteiger partial charge is 0.258 e. The van der Waals surface area contributed by atoms with Crippen LogP contribution in [0, 0.1) is 20.2 Å². The van der Waals surface area contributed by atoms with Gasteiger partial charge in [0.1, 0.15) is 11.0 Å². The van der Waals surface area contributed by atoms with Gasteiger partial charge in [0.25, 0.3) is 5.69 Å². The van der Waals surface area contributed by atoms with Gasteiger partial charge in [-0.15, -0.1) is 15.0 Å². The maximum absolute atomic E-state index is 11.1. The summed E-state index contributed by atoms with van der Waals surface area (Å²) in [6, 6.07) is 10.3. The predicted molar refractivity (Wildman–Crippen MR) is 72.2 cm³/mol. The minimum Gasteiger partial charge on any atom is -0.258 e. The van der Waals surface area contributed by atoms with Crippen molar-refractivity contribution in [2.45, 2.75) is 0 Å². The van der Waals surface area contributed by atoms with Crippen molar-refractivity contribution >= 4 is 22.4 Å². The van der Waals surface area contributed by atoms with Crippen LogP contribution < -0.4 is 0 Å². The zero-order chi connectivity index (χ0) is 15.0. The number of nitro benzene ring substituents is 2. The highest BCUT2D eigenvalue weighted by molar-refractivity contribution is 5.74. The predicted octanol–water partition coefficient (Wildman–Crippen LogP) is 2.24. The molecule has 0 aliphatic carbocycles. The van der Waals surface area contributed by atoms with Crippen LogP contribution >= 0.6 is 0 Å². The summed E-state index contributed by atoms with van der Waals surface area (Å²) in [5.74, 6) is 0. The fourth-order valence-corrected chi connectivity index (χ4v) is 1.91. The Morgan fingerprint density at radius 1 is 0.905 bits per heavy atom. The first-order chi connectivity index (χ1) is 10.1. The SMILES string of the molecule is O=[N+]([O-])c1ccc(-n2nc3ccccc3n2)c([N+](=O)[O-])c1. The van der Waals surface area contributed by atoms with E-state index in [1.807, 2.05) is 0 Å². The van der Waals surface area contributed by atoms with E-state index in [0.29, 0.717) is 11.0 Å². The third-order valence-corrected chi connectivity index (χ3v) is 2.87. The number of non-ortho nitro benzene ring substituents is 1. The van der Waals surface area contributed by atoms with Gasteiger partial charge in [0.15, 0.2) is 5.69 Å². The number of rotatable bonds is 3. The van der Waals surface area contributed by atoms with Crippen LogP contribution in [-0.4, -0.2) is 24.8 Å². The van der Waals surface area contributed by atoms with Crippen LogP contribution in [0.25, 0.3) is 16.7 Å². The summed E-state index contributed by atoms with van der Waals surface area (Å²) in [5.41, 5.74) is 0.434. The van der Waals surface area contributed by atoms with Crippen molar-refractivity contribution in [2.24, 2.45) is 0 Å². The summed E-state index contributed by atoms with van der Waals surface area (Å²) in [5, 5.41) is 30.1. The fraction of sp³-hybridized carbons (Fsp3) is 0. The molecule has 2 aromatic carbocycles. The van der Waals surface area contributed by atoms with Gasteiger partial charge in [-0.1, -0.05) is 12.1 Å². The monoisotopic (exact) mass is 285 g/mol. The lowest BCUT2D eigenvalue weighted by Gasteiger charge is -2.00. The van der Waals surface area contributed by atoms with E-state index in [-0.39, 0.29) is 11.4 Å². The largest absolute Gasteiger partial charge is 0.303 e. The van der Waals surface area contributed by atoms with E-state index in [1.54, 1.807) is 24.3 Å². The number of fused-ring (bicyclic) bond motifs is 1. The molecule has 0 fully saturated rings. The molecule has 0 amide bonds. The first-order valence-electron chi connectivity index (χ1n) is 5.81. The van der Waals surface area contributed by atoms with E-state index in [9.17, 15) is 20.2 Å². The normalized spacial score (nSPS) is 10.7. The van der Waals surface area contributed by atoms with Crippen LogP contribution in [0.2, 0.25) is 0 Å². The molecule has 9 heteroatoms. The molecule has 104 valence electrons. The molecule has 0 aliphatic rings. The van der Waals surface area contributed by atoms with E-state index >= 15 is 0 Å². The van der Waals surface area contributed by atoms with Gasteiger partial charge in [-0.25, -0.2) is 0 Å². The van der Waals surface area contributed by atoms with Gasteiger partial charge in [0.05, 0.1) is 15.9 Å². The number of hydrogen-bond acceptors (Lipinski definition) is 6. The van der Waals surface area contributed by atoms with Crippen LogP contribution in [0.1, 0.15) is 0 Å². The van der Waals surface area contributed by atoms with Crippen LogP contribution in [0.15, 0.2) is 42.5 Å². The van der Waals surface area contributed by atoms with Crippen LogP contribution in [0.3, 0.4) is 0 Å². The number of nitrogens with zero attached hydrogens (tertiary/aromatic N) is 5. The van der Waals surface area contributed by atoms with E-state index in [4.69, 9.17) is 0 Å². The zero-order valence-corrected chi connectivity index (χ0v) is 10.4. The molecule has 0 aliphatic heterocycles. The van der Waals surface area contributed by atoms with Gasteiger partial charge < -0.3 is 0 Å². The summed E-state index contributed by atoms with van der Waals surface area (Å²) in [7, 11) is 0. The third kappa shape index (κ3) is 2.16. The molecular weight excluding hydrogens is 278 g/mol. The molecule has 21 heavy (non-hydrogen) atoms. The molecule has 3 aromatic rings. The molecule has 0 radical (unpaired) electrons. The van der Waals surface area contributed by atoms with Crippen molar-refractivity contribution in [3.8, 4) is 5.69 Å². The van der Waals surface area contributed by atoms with Crippen LogP contribution in [0.4, 0.5) is 11.4 Å². The summed E-state index contributed by atoms with van der Waals surface area (Å²) in [6.07, 6.45) is 0. The molecule has 0 atom stereocenters. The average molecular weight is 285 g/mol. The number of benzene rings is 2. The summed E-state index contributed by atoms with van der Waals surface area (Å²) in [4.78, 5) is 21.5. The highest BCUT2D eigenvalue weighted by Gasteiger charge is 2.22. The lowest BCUT2D eigenvalue weighted by Crippen LogP contribution is -2.04. The van der Waals surface area contributed by atoms with Gasteiger partial charge in [-0.2, -0.15) is 0 Å². The topological polar surface area (TPSA) is 117 Å². The van der Waals surface area contributed by atoms with Gasteiger partial charge >= 0.3 is 5.69 Å². The number of hydrogen-bond donors (Lipinski definition) is 0. The van der Waals surface area contributed by atoms with Crippen LogP contribution in [0.5, 0.6) is 0 Å². The molecule has 0 unspecified atom stereocenters. The molecule has 0 spiro atoms. The Morgan fingerprint density at radius 3 is 2.05 bits per heavy atom. The molecule has 1 aromatic heterocycles. The average Bonchev–Trinajstić information content (AvgIpc) is 2.90. The van der Waals surface area contributed by atoms with Crippen molar-refractivity contribution in [1.82, 2.24) is 15.0 Å². The summed E-state index contributed by atoms with van der Waals surface area (Å²) >= 11 is 0.